The van der Waals surface area contributed by atoms with Crippen LogP contribution in [0.15, 0.2) is 57.0 Å². The first-order valence-corrected chi connectivity index (χ1v) is 11.6. The summed E-state index contributed by atoms with van der Waals surface area (Å²) in [5, 5.41) is 2.31. The van der Waals surface area contributed by atoms with E-state index < -0.39 is 17.8 Å². The molecule has 1 aliphatic heterocycles. The van der Waals surface area contributed by atoms with Crippen LogP contribution in [0.2, 0.25) is 0 Å². The number of rotatable bonds is 5. The maximum absolute atomic E-state index is 13.1. The molecule has 0 radical (unpaired) electrons. The molecule has 6 nitrogen and oxygen atoms in total. The largest absolute Gasteiger partial charge is 0.488 e. The van der Waals surface area contributed by atoms with Crippen molar-refractivity contribution in [3.8, 4) is 5.75 Å². The number of urea groups is 1. The van der Waals surface area contributed by atoms with Crippen LogP contribution in [0.4, 0.5) is 4.79 Å². The Labute approximate surface area is 196 Å². The fourth-order valence-electron chi connectivity index (χ4n) is 3.83. The van der Waals surface area contributed by atoms with Crippen molar-refractivity contribution in [2.24, 2.45) is 0 Å². The highest BCUT2D eigenvalue weighted by molar-refractivity contribution is 9.10. The molecule has 0 aromatic heterocycles. The van der Waals surface area contributed by atoms with Crippen LogP contribution in [0, 0.1) is 0 Å². The van der Waals surface area contributed by atoms with E-state index in [1.54, 1.807) is 12.1 Å². The van der Waals surface area contributed by atoms with Crippen LogP contribution < -0.4 is 10.1 Å². The average molecular weight is 548 g/mol. The molecule has 4 amide bonds. The molecule has 31 heavy (non-hydrogen) atoms. The molecular weight excluding hydrogens is 528 g/mol. The normalized spacial score (nSPS) is 18.6. The number of carbonyl (C=O) groups excluding carboxylic acids is 3. The van der Waals surface area contributed by atoms with Crippen molar-refractivity contribution in [1.29, 1.82) is 0 Å². The predicted octanol–water partition coefficient (Wildman–Crippen LogP) is 5.20. The van der Waals surface area contributed by atoms with Gasteiger partial charge in [0.25, 0.3) is 11.8 Å². The van der Waals surface area contributed by atoms with Crippen molar-refractivity contribution in [1.82, 2.24) is 10.2 Å². The van der Waals surface area contributed by atoms with Gasteiger partial charge < -0.3 is 4.74 Å². The molecule has 1 heterocycles. The molecule has 2 aromatic rings. The van der Waals surface area contributed by atoms with E-state index in [2.05, 4.69) is 37.2 Å². The summed E-state index contributed by atoms with van der Waals surface area (Å²) in [5.74, 6) is -0.717. The Morgan fingerprint density at radius 2 is 1.68 bits per heavy atom. The second-order valence-electron chi connectivity index (χ2n) is 7.53. The Balaban J connectivity index is 1.62. The standard InChI is InChI=1S/C23H20Br2N2O4/c24-16-7-5-14(6-8-16)13-31-20-10-9-17(25)11-15(20)12-19-21(28)26-23(30)27(22(19)29)18-3-1-2-4-18/h5-12,18H,1-4,13H2,(H,26,28,30)/b19-12+. The van der Waals surface area contributed by atoms with Crippen molar-refractivity contribution in [2.45, 2.75) is 38.3 Å². The molecule has 0 unspecified atom stereocenters. The van der Waals surface area contributed by atoms with Gasteiger partial charge in [0.05, 0.1) is 0 Å². The Bertz CT molecular complexity index is 1060. The number of nitrogens with one attached hydrogen (secondary N) is 1. The van der Waals surface area contributed by atoms with Crippen molar-refractivity contribution in [3.63, 3.8) is 0 Å². The molecule has 0 spiro atoms. The third-order valence-corrected chi connectivity index (χ3v) is 6.42. The van der Waals surface area contributed by atoms with Crippen molar-refractivity contribution >= 4 is 55.8 Å². The Morgan fingerprint density at radius 1 is 1.00 bits per heavy atom. The molecule has 1 N–H and O–H groups in total. The molecule has 1 saturated carbocycles. The third kappa shape index (κ3) is 4.91. The maximum Gasteiger partial charge on any atom is 0.331 e. The topological polar surface area (TPSA) is 75.7 Å². The lowest BCUT2D eigenvalue weighted by atomic mass is 10.0. The third-order valence-electron chi connectivity index (χ3n) is 5.40. The second kappa shape index (κ2) is 9.36. The Kier molecular flexibility index (Phi) is 6.57. The highest BCUT2D eigenvalue weighted by Gasteiger charge is 2.40. The summed E-state index contributed by atoms with van der Waals surface area (Å²) in [4.78, 5) is 39.1. The fourth-order valence-corrected chi connectivity index (χ4v) is 4.47. The van der Waals surface area contributed by atoms with Gasteiger partial charge in [-0.2, -0.15) is 0 Å². The van der Waals surface area contributed by atoms with Gasteiger partial charge in [0.1, 0.15) is 17.9 Å². The Hall–Kier alpha value is -2.45. The van der Waals surface area contributed by atoms with E-state index in [0.29, 0.717) is 17.9 Å². The second-order valence-corrected chi connectivity index (χ2v) is 9.36. The highest BCUT2D eigenvalue weighted by Crippen LogP contribution is 2.30. The molecule has 160 valence electrons. The smallest absolute Gasteiger partial charge is 0.331 e. The number of hydrogen-bond acceptors (Lipinski definition) is 4. The zero-order valence-electron chi connectivity index (χ0n) is 16.6. The summed E-state index contributed by atoms with van der Waals surface area (Å²) in [6, 6.07) is 12.3. The maximum atomic E-state index is 13.1. The number of benzene rings is 2. The zero-order valence-corrected chi connectivity index (χ0v) is 19.7. The summed E-state index contributed by atoms with van der Waals surface area (Å²) in [7, 11) is 0. The first-order valence-electron chi connectivity index (χ1n) is 10.00. The number of ether oxygens (including phenoxy) is 1. The Morgan fingerprint density at radius 3 is 2.39 bits per heavy atom. The molecule has 1 aliphatic carbocycles. The van der Waals surface area contributed by atoms with Gasteiger partial charge in [-0.05, 0) is 54.8 Å². The van der Waals surface area contributed by atoms with Crippen molar-refractivity contribution < 1.29 is 19.1 Å². The fraction of sp³-hybridized carbons (Fsp3) is 0.261. The molecule has 0 bridgehead atoms. The van der Waals surface area contributed by atoms with E-state index in [9.17, 15) is 14.4 Å². The van der Waals surface area contributed by atoms with Crippen LogP contribution in [0.1, 0.15) is 36.8 Å². The SMILES string of the molecule is O=C1NC(=O)N(C2CCCC2)C(=O)/C1=C/c1cc(Br)ccc1OCc1ccc(Br)cc1. The van der Waals surface area contributed by atoms with E-state index in [-0.39, 0.29) is 11.6 Å². The molecule has 1 saturated heterocycles. The van der Waals surface area contributed by atoms with E-state index >= 15 is 0 Å². The van der Waals surface area contributed by atoms with Crippen LogP contribution in [0.5, 0.6) is 5.75 Å². The van der Waals surface area contributed by atoms with Gasteiger partial charge in [-0.25, -0.2) is 4.79 Å². The van der Waals surface area contributed by atoms with Gasteiger partial charge >= 0.3 is 6.03 Å². The van der Waals surface area contributed by atoms with Gasteiger partial charge in [-0.15, -0.1) is 0 Å². The predicted molar refractivity (Wildman–Crippen MR) is 123 cm³/mol. The highest BCUT2D eigenvalue weighted by atomic mass is 79.9. The number of hydrogen-bond donors (Lipinski definition) is 1. The lowest BCUT2D eigenvalue weighted by Crippen LogP contribution is -2.57. The van der Waals surface area contributed by atoms with E-state index in [0.717, 1.165) is 40.2 Å². The molecule has 4 rings (SSSR count). The monoisotopic (exact) mass is 546 g/mol. The summed E-state index contributed by atoms with van der Waals surface area (Å²) in [6.07, 6.45) is 4.95. The summed E-state index contributed by atoms with van der Waals surface area (Å²) in [6.45, 7) is 0.331. The van der Waals surface area contributed by atoms with Gasteiger partial charge in [0, 0.05) is 20.6 Å². The van der Waals surface area contributed by atoms with E-state index in [1.165, 1.54) is 11.0 Å². The van der Waals surface area contributed by atoms with Gasteiger partial charge in [0.2, 0.25) is 0 Å². The van der Waals surface area contributed by atoms with Gasteiger partial charge in [-0.1, -0.05) is 56.8 Å². The van der Waals surface area contributed by atoms with E-state index in [1.807, 2.05) is 30.3 Å². The molecule has 0 atom stereocenters. The molecule has 8 heteroatoms. The number of amides is 4. The van der Waals surface area contributed by atoms with Gasteiger partial charge in [-0.3, -0.25) is 19.8 Å². The molecular formula is C23H20Br2N2O4. The molecule has 2 aliphatic rings. The van der Waals surface area contributed by atoms with Crippen LogP contribution >= 0.6 is 31.9 Å². The quantitative estimate of drug-likeness (QED) is 0.412. The number of nitrogens with zero attached hydrogens (tertiary/aromatic N) is 1. The lowest BCUT2D eigenvalue weighted by Gasteiger charge is -2.31. The van der Waals surface area contributed by atoms with Gasteiger partial charge in [0.15, 0.2) is 0 Å². The van der Waals surface area contributed by atoms with Crippen molar-refractivity contribution in [2.75, 3.05) is 0 Å². The summed E-state index contributed by atoms with van der Waals surface area (Å²) >= 11 is 6.84. The number of barbiturate groups is 1. The summed E-state index contributed by atoms with van der Waals surface area (Å²) < 4.78 is 7.73. The van der Waals surface area contributed by atoms with Crippen LogP contribution in [-0.2, 0) is 16.2 Å². The minimum Gasteiger partial charge on any atom is -0.488 e. The number of carbonyl (C=O) groups is 3. The average Bonchev–Trinajstić information content (AvgIpc) is 3.26. The molecule has 2 aromatic carbocycles. The van der Waals surface area contributed by atoms with Crippen LogP contribution in [-0.4, -0.2) is 28.8 Å². The summed E-state index contributed by atoms with van der Waals surface area (Å²) in [5.41, 5.74) is 1.48. The number of halogens is 2. The van der Waals surface area contributed by atoms with Crippen LogP contribution in [0.25, 0.3) is 6.08 Å². The van der Waals surface area contributed by atoms with Crippen LogP contribution in [0.3, 0.4) is 0 Å². The minimum atomic E-state index is -0.692. The first kappa shape index (κ1) is 21.8. The lowest BCUT2D eigenvalue weighted by molar-refractivity contribution is -0.131. The number of imide groups is 2. The van der Waals surface area contributed by atoms with E-state index in [4.69, 9.17) is 4.74 Å². The zero-order chi connectivity index (χ0) is 22.0. The first-order chi connectivity index (χ1) is 14.9. The molecule has 2 fully saturated rings. The van der Waals surface area contributed by atoms with Crippen molar-refractivity contribution in [3.05, 3.63) is 68.1 Å². The minimum absolute atomic E-state index is 0.0712.